The number of ether oxygens (including phenoxy) is 4. The Hall–Kier alpha value is -4.64. The molecule has 0 aromatic carbocycles. The molecule has 0 saturated heterocycles. The van der Waals surface area contributed by atoms with Crippen LogP contribution < -0.4 is 22.9 Å². The van der Waals surface area contributed by atoms with Crippen LogP contribution in [0.1, 0.15) is 51.4 Å². The van der Waals surface area contributed by atoms with E-state index in [-0.39, 0.29) is 144 Å². The summed E-state index contributed by atoms with van der Waals surface area (Å²) in [5.41, 5.74) is 20.3. The Morgan fingerprint density at radius 1 is 0.250 bits per heavy atom. The SMILES string of the molecule is N[C@@H](CCC(=O)OC(C(=O)O)C(=O)O)C(=O)O.N[C@@H](CCC(=O)OC(C(=O)O)C(=O)O)C(=O)O.N[C@@H](CCC(=O)OC(C(=O)O)C(=O)O)C(=O)O.N[C@@H](CCC(=O)OC(C(=O)O)C(=O)O)C(=O)O.[NaH].[NaH].[NaH].[NaH]. The number of carboxylic acids is 12. The van der Waals surface area contributed by atoms with Gasteiger partial charge in [0.25, 0.3) is 24.4 Å². The van der Waals surface area contributed by atoms with E-state index in [1.165, 1.54) is 0 Å². The monoisotopic (exact) mass is 1090 g/mol. The number of nitrogens with two attached hydrogens (primary N) is 4. The number of hydrogen-bond acceptors (Lipinski definition) is 24. The molecule has 0 aliphatic rings. The molecule has 0 radical (unpaired) electrons. The fraction of sp³-hybridized carbons (Fsp3) is 0.500. The molecule has 0 aromatic heterocycles. The molecule has 392 valence electrons. The minimum atomic E-state index is -2.30. The van der Waals surface area contributed by atoms with Crippen LogP contribution in [0.3, 0.4) is 0 Å². The van der Waals surface area contributed by atoms with Crippen LogP contribution in [-0.2, 0) is 95.7 Å². The van der Waals surface area contributed by atoms with E-state index in [1.54, 1.807) is 0 Å². The third-order valence-electron chi connectivity index (χ3n) is 6.70. The van der Waals surface area contributed by atoms with Crippen LogP contribution in [0.4, 0.5) is 0 Å². The summed E-state index contributed by atoms with van der Waals surface area (Å²) in [5.74, 6) is -24.5. The van der Waals surface area contributed by atoms with Crippen molar-refractivity contribution in [3.05, 3.63) is 0 Å². The van der Waals surface area contributed by atoms with E-state index >= 15 is 0 Å². The summed E-state index contributed by atoms with van der Waals surface area (Å²) in [5, 5.41) is 101. The first-order chi connectivity index (χ1) is 31.0. The number of aliphatic carboxylic acids is 12. The summed E-state index contributed by atoms with van der Waals surface area (Å²) < 4.78 is 16.5. The van der Waals surface area contributed by atoms with Crippen molar-refractivity contribution in [2.75, 3.05) is 0 Å². The topological polar surface area (TPSA) is 657 Å². The van der Waals surface area contributed by atoms with E-state index in [1.807, 2.05) is 0 Å². The van der Waals surface area contributed by atoms with Gasteiger partial charge in [0.05, 0.1) is 0 Å². The van der Waals surface area contributed by atoms with Crippen LogP contribution in [-0.4, -0.2) is 324 Å². The van der Waals surface area contributed by atoms with Crippen LogP contribution in [0, 0.1) is 0 Å². The van der Waals surface area contributed by atoms with Gasteiger partial charge < -0.3 is 103 Å². The molecule has 36 nitrogen and oxygen atoms in total. The first kappa shape index (κ1) is 84.2. The average molecular weight is 1090 g/mol. The predicted octanol–water partition coefficient (Wildman–Crippen LogP) is -9.56. The summed E-state index contributed by atoms with van der Waals surface area (Å²) in [4.78, 5) is 168. The third kappa shape index (κ3) is 43.0. The van der Waals surface area contributed by atoms with Crippen molar-refractivity contribution in [1.29, 1.82) is 0 Å². The summed E-state index contributed by atoms with van der Waals surface area (Å²) >= 11 is 0. The Kier molecular flexibility index (Phi) is 52.6. The van der Waals surface area contributed by atoms with E-state index in [9.17, 15) is 76.7 Å². The maximum absolute atomic E-state index is 11.0. The van der Waals surface area contributed by atoms with Gasteiger partial charge in [-0.25, -0.2) is 38.4 Å². The Labute approximate surface area is 489 Å². The zero-order valence-electron chi connectivity index (χ0n) is 34.1. The summed E-state index contributed by atoms with van der Waals surface area (Å²) in [6.45, 7) is 0. The predicted molar refractivity (Wildman–Crippen MR) is 229 cm³/mol. The molecule has 0 aliphatic heterocycles. The second kappa shape index (κ2) is 45.0. The number of rotatable bonds is 28. The Bertz CT molecular complexity index is 1580. The van der Waals surface area contributed by atoms with Crippen molar-refractivity contribution in [3.8, 4) is 0 Å². The molecule has 4 atom stereocenters. The minimum absolute atomic E-state index is 0. The van der Waals surface area contributed by atoms with E-state index in [2.05, 4.69) is 18.9 Å². The molecule has 0 unspecified atom stereocenters. The van der Waals surface area contributed by atoms with Crippen LogP contribution in [0.5, 0.6) is 0 Å². The fourth-order valence-electron chi connectivity index (χ4n) is 3.17. The van der Waals surface area contributed by atoms with Gasteiger partial charge in [-0.3, -0.25) is 38.4 Å². The number of carbonyl (C=O) groups excluding carboxylic acids is 4. The van der Waals surface area contributed by atoms with Gasteiger partial charge in [-0.2, -0.15) is 0 Å². The molecule has 0 heterocycles. The Morgan fingerprint density at radius 3 is 0.444 bits per heavy atom. The average Bonchev–Trinajstić information content (AvgIpc) is 3.21. The molecule has 0 spiro atoms. The fourth-order valence-corrected chi connectivity index (χ4v) is 3.17. The molecule has 0 rings (SSSR count). The second-order valence-corrected chi connectivity index (χ2v) is 12.1. The quantitative estimate of drug-likeness (QED) is 0.0150. The molecular formula is C32H48N4Na4O32. The van der Waals surface area contributed by atoms with E-state index in [0.29, 0.717) is 0 Å². The zero-order valence-corrected chi connectivity index (χ0v) is 34.1. The number of carboxylic acid groups (broad SMARTS) is 12. The zero-order chi connectivity index (χ0) is 54.3. The number of carbonyl (C=O) groups is 16. The van der Waals surface area contributed by atoms with Gasteiger partial charge in [0.15, 0.2) is 0 Å². The van der Waals surface area contributed by atoms with Crippen LogP contribution in [0.25, 0.3) is 0 Å². The van der Waals surface area contributed by atoms with Crippen molar-refractivity contribution < 1.29 is 157 Å². The standard InChI is InChI=1S/4C8H11NO8.4Na.4H/c4*9-3(6(11)12)1-2-4(10)17-5(7(13)14)8(15)16;;;;;;;;/h4*3,5H,1-2,9H2,(H,11,12)(H,13,14)(H,15,16);;;;;;;;/t4*3-;;;;;;;;/m0000......../s1. The van der Waals surface area contributed by atoms with Gasteiger partial charge in [0.1, 0.15) is 24.2 Å². The van der Waals surface area contributed by atoms with Gasteiger partial charge in [-0.1, -0.05) is 0 Å². The van der Waals surface area contributed by atoms with Crippen molar-refractivity contribution in [2.24, 2.45) is 22.9 Å². The normalized spacial score (nSPS) is 11.2. The second-order valence-electron chi connectivity index (χ2n) is 12.1. The summed E-state index contributed by atoms with van der Waals surface area (Å²) in [7, 11) is 0. The van der Waals surface area contributed by atoms with E-state index < -0.39 is 170 Å². The molecule has 20 N–H and O–H groups in total. The molecule has 0 aromatic rings. The van der Waals surface area contributed by atoms with Crippen molar-refractivity contribution in [3.63, 3.8) is 0 Å². The molecule has 0 amide bonds. The first-order valence-electron chi connectivity index (χ1n) is 17.6. The van der Waals surface area contributed by atoms with Gasteiger partial charge in [-0.15, -0.1) is 0 Å². The van der Waals surface area contributed by atoms with Gasteiger partial charge in [0, 0.05) is 25.7 Å². The van der Waals surface area contributed by atoms with Gasteiger partial charge in [0.2, 0.25) is 0 Å². The Morgan fingerprint density at radius 2 is 0.361 bits per heavy atom. The molecule has 0 fully saturated rings. The number of hydrogen-bond donors (Lipinski definition) is 16. The van der Waals surface area contributed by atoms with Crippen LogP contribution in [0.2, 0.25) is 0 Å². The summed E-state index contributed by atoms with van der Waals surface area (Å²) in [6, 6.07) is -5.18. The number of esters is 4. The van der Waals surface area contributed by atoms with Gasteiger partial charge >= 0.3 is 214 Å². The van der Waals surface area contributed by atoms with Crippen LogP contribution in [0.15, 0.2) is 0 Å². The molecular weight excluding hydrogens is 1040 g/mol. The van der Waals surface area contributed by atoms with Crippen molar-refractivity contribution in [1.82, 2.24) is 0 Å². The molecule has 40 heteroatoms. The van der Waals surface area contributed by atoms with E-state index in [0.717, 1.165) is 0 Å². The van der Waals surface area contributed by atoms with Crippen molar-refractivity contribution >= 4 is 214 Å². The van der Waals surface area contributed by atoms with E-state index in [4.69, 9.17) is 84.2 Å². The Balaban J connectivity index is -0.000000124. The molecule has 0 aliphatic carbocycles. The summed E-state index contributed by atoms with van der Waals surface area (Å²) in [6.07, 6.45) is -12.2. The molecule has 0 bridgehead atoms. The molecule has 0 saturated carbocycles. The maximum atomic E-state index is 11.0. The van der Waals surface area contributed by atoms with Crippen LogP contribution >= 0.6 is 0 Å². The first-order valence-corrected chi connectivity index (χ1v) is 17.6. The van der Waals surface area contributed by atoms with Crippen molar-refractivity contribution in [2.45, 2.75) is 99.9 Å². The third-order valence-corrected chi connectivity index (χ3v) is 6.70. The molecule has 72 heavy (non-hydrogen) atoms. The van der Waals surface area contributed by atoms with Gasteiger partial charge in [-0.05, 0) is 25.7 Å².